The largest absolute Gasteiger partial charge is 0.357 e. The molecule has 1 aromatic heterocycles. The van der Waals surface area contributed by atoms with Gasteiger partial charge in [0, 0.05) is 19.6 Å². The van der Waals surface area contributed by atoms with Crippen LogP contribution in [0.15, 0.2) is 18.2 Å². The molecule has 1 N–H and O–H groups in total. The van der Waals surface area contributed by atoms with Crippen molar-refractivity contribution in [2.45, 2.75) is 54.0 Å². The fourth-order valence-corrected chi connectivity index (χ4v) is 2.16. The fraction of sp³-hybridized carbons (Fsp3) is 0.722. The molecule has 0 saturated carbocycles. The Hall–Kier alpha value is -1.09. The van der Waals surface area contributed by atoms with Crippen LogP contribution in [0, 0.1) is 11.8 Å². The first-order valence-corrected chi connectivity index (χ1v) is 8.44. The molecular formula is C18H33N3. The molecule has 0 saturated heterocycles. The summed E-state index contributed by atoms with van der Waals surface area (Å²) in [5, 5.41) is 3.35. The number of aromatic nitrogens is 1. The van der Waals surface area contributed by atoms with Gasteiger partial charge in [-0.15, -0.1) is 0 Å². The molecule has 0 aromatic carbocycles. The molecule has 120 valence electrons. The van der Waals surface area contributed by atoms with Crippen LogP contribution in [0.2, 0.25) is 0 Å². The van der Waals surface area contributed by atoms with Crippen molar-refractivity contribution in [3.63, 3.8) is 0 Å². The van der Waals surface area contributed by atoms with Crippen molar-refractivity contribution >= 4 is 5.82 Å². The van der Waals surface area contributed by atoms with Gasteiger partial charge in [0.25, 0.3) is 0 Å². The van der Waals surface area contributed by atoms with Gasteiger partial charge in [-0.2, -0.15) is 0 Å². The molecule has 0 atom stereocenters. The van der Waals surface area contributed by atoms with Crippen molar-refractivity contribution in [2.24, 2.45) is 11.8 Å². The average Bonchev–Trinajstić information content (AvgIpc) is 2.45. The first-order valence-electron chi connectivity index (χ1n) is 8.44. The molecule has 3 heteroatoms. The monoisotopic (exact) mass is 291 g/mol. The second-order valence-electron chi connectivity index (χ2n) is 6.62. The van der Waals surface area contributed by atoms with Crippen molar-refractivity contribution in [2.75, 3.05) is 24.5 Å². The van der Waals surface area contributed by atoms with E-state index in [1.165, 1.54) is 12.8 Å². The van der Waals surface area contributed by atoms with E-state index >= 15 is 0 Å². The standard InChI is InChI=1S/C18H33N3/c1-6-19-14-17-8-7-9-18(20-17)21(12-10-15(2)3)13-11-16(4)5/h7-9,15-16,19H,6,10-14H2,1-5H3. The Kier molecular flexibility index (Phi) is 8.36. The highest BCUT2D eigenvalue weighted by molar-refractivity contribution is 5.39. The lowest BCUT2D eigenvalue weighted by atomic mass is 10.1. The van der Waals surface area contributed by atoms with Crippen molar-refractivity contribution in [1.29, 1.82) is 0 Å². The van der Waals surface area contributed by atoms with Gasteiger partial charge in [-0.05, 0) is 43.4 Å². The first-order chi connectivity index (χ1) is 10.0. The number of pyridine rings is 1. The summed E-state index contributed by atoms with van der Waals surface area (Å²) in [4.78, 5) is 7.28. The Morgan fingerprint density at radius 3 is 2.19 bits per heavy atom. The summed E-state index contributed by atoms with van der Waals surface area (Å²) in [6.07, 6.45) is 2.44. The summed E-state index contributed by atoms with van der Waals surface area (Å²) in [6, 6.07) is 6.39. The Bertz CT molecular complexity index is 376. The lowest BCUT2D eigenvalue weighted by Crippen LogP contribution is -2.28. The number of anilines is 1. The maximum Gasteiger partial charge on any atom is 0.128 e. The molecule has 21 heavy (non-hydrogen) atoms. The van der Waals surface area contributed by atoms with E-state index in [2.05, 4.69) is 63.0 Å². The molecule has 0 fully saturated rings. The Morgan fingerprint density at radius 1 is 1.05 bits per heavy atom. The van der Waals surface area contributed by atoms with Crippen LogP contribution >= 0.6 is 0 Å². The van der Waals surface area contributed by atoms with Gasteiger partial charge in [0.05, 0.1) is 5.69 Å². The van der Waals surface area contributed by atoms with Crippen LogP contribution < -0.4 is 10.2 Å². The van der Waals surface area contributed by atoms with Gasteiger partial charge >= 0.3 is 0 Å². The van der Waals surface area contributed by atoms with E-state index in [1.807, 2.05) is 0 Å². The van der Waals surface area contributed by atoms with E-state index in [0.29, 0.717) is 0 Å². The smallest absolute Gasteiger partial charge is 0.128 e. The summed E-state index contributed by atoms with van der Waals surface area (Å²) in [7, 11) is 0. The topological polar surface area (TPSA) is 28.2 Å². The highest BCUT2D eigenvalue weighted by Gasteiger charge is 2.10. The third-order valence-corrected chi connectivity index (χ3v) is 3.62. The van der Waals surface area contributed by atoms with E-state index in [-0.39, 0.29) is 0 Å². The third-order valence-electron chi connectivity index (χ3n) is 3.62. The normalized spacial score (nSPS) is 11.4. The van der Waals surface area contributed by atoms with Gasteiger partial charge < -0.3 is 10.2 Å². The maximum atomic E-state index is 4.83. The zero-order chi connectivity index (χ0) is 15.7. The summed E-state index contributed by atoms with van der Waals surface area (Å²) >= 11 is 0. The lowest BCUT2D eigenvalue weighted by molar-refractivity contribution is 0.532. The number of nitrogens with zero attached hydrogens (tertiary/aromatic N) is 2. The second-order valence-corrected chi connectivity index (χ2v) is 6.62. The van der Waals surface area contributed by atoms with Crippen LogP contribution in [-0.2, 0) is 6.54 Å². The van der Waals surface area contributed by atoms with Crippen LogP contribution in [0.3, 0.4) is 0 Å². The number of hydrogen-bond donors (Lipinski definition) is 1. The van der Waals surface area contributed by atoms with Gasteiger partial charge in [0.2, 0.25) is 0 Å². The van der Waals surface area contributed by atoms with Gasteiger partial charge in [0.1, 0.15) is 5.82 Å². The van der Waals surface area contributed by atoms with Crippen LogP contribution in [-0.4, -0.2) is 24.6 Å². The molecule has 0 bridgehead atoms. The van der Waals surface area contributed by atoms with Crippen LogP contribution in [0.1, 0.15) is 53.2 Å². The minimum Gasteiger partial charge on any atom is -0.357 e. The van der Waals surface area contributed by atoms with Crippen molar-refractivity contribution in [3.8, 4) is 0 Å². The summed E-state index contributed by atoms with van der Waals surface area (Å²) < 4.78 is 0. The van der Waals surface area contributed by atoms with Crippen molar-refractivity contribution in [1.82, 2.24) is 10.3 Å². The first kappa shape index (κ1) is 18.0. The molecule has 0 unspecified atom stereocenters. The van der Waals surface area contributed by atoms with E-state index in [1.54, 1.807) is 0 Å². The average molecular weight is 291 g/mol. The molecule has 1 rings (SSSR count). The maximum absolute atomic E-state index is 4.83. The minimum absolute atomic E-state index is 0.733. The van der Waals surface area contributed by atoms with E-state index < -0.39 is 0 Å². The zero-order valence-electron chi connectivity index (χ0n) is 14.5. The number of rotatable bonds is 10. The molecule has 0 aliphatic carbocycles. The Balaban J connectivity index is 2.74. The molecular weight excluding hydrogens is 258 g/mol. The van der Waals surface area contributed by atoms with Gasteiger partial charge in [-0.1, -0.05) is 40.7 Å². The summed E-state index contributed by atoms with van der Waals surface area (Å²) in [6.45, 7) is 15.3. The van der Waals surface area contributed by atoms with Gasteiger partial charge in [-0.3, -0.25) is 0 Å². The van der Waals surface area contributed by atoms with Crippen LogP contribution in [0.5, 0.6) is 0 Å². The lowest BCUT2D eigenvalue weighted by Gasteiger charge is -2.26. The van der Waals surface area contributed by atoms with E-state index in [0.717, 1.165) is 49.5 Å². The molecule has 0 spiro atoms. The molecule has 3 nitrogen and oxygen atoms in total. The molecule has 1 heterocycles. The highest BCUT2D eigenvalue weighted by atomic mass is 15.2. The highest BCUT2D eigenvalue weighted by Crippen LogP contribution is 2.16. The molecule has 0 amide bonds. The van der Waals surface area contributed by atoms with Crippen molar-refractivity contribution < 1.29 is 0 Å². The van der Waals surface area contributed by atoms with Crippen LogP contribution in [0.4, 0.5) is 5.82 Å². The zero-order valence-corrected chi connectivity index (χ0v) is 14.5. The van der Waals surface area contributed by atoms with Crippen molar-refractivity contribution in [3.05, 3.63) is 23.9 Å². The van der Waals surface area contributed by atoms with Gasteiger partial charge in [-0.25, -0.2) is 4.98 Å². The summed E-state index contributed by atoms with van der Waals surface area (Å²) in [5.74, 6) is 2.60. The van der Waals surface area contributed by atoms with Crippen LogP contribution in [0.25, 0.3) is 0 Å². The van der Waals surface area contributed by atoms with Gasteiger partial charge in [0.15, 0.2) is 0 Å². The predicted molar refractivity (Wildman–Crippen MR) is 92.7 cm³/mol. The predicted octanol–water partition coefficient (Wildman–Crippen LogP) is 4.09. The third kappa shape index (κ3) is 7.47. The molecule has 1 aromatic rings. The number of nitrogens with one attached hydrogen (secondary N) is 1. The molecule has 0 aliphatic rings. The SMILES string of the molecule is CCNCc1cccc(N(CCC(C)C)CCC(C)C)n1. The fourth-order valence-electron chi connectivity index (χ4n) is 2.16. The van der Waals surface area contributed by atoms with E-state index in [4.69, 9.17) is 4.98 Å². The quantitative estimate of drug-likeness (QED) is 0.704. The molecule has 0 aliphatic heterocycles. The molecule has 0 radical (unpaired) electrons. The van der Waals surface area contributed by atoms with E-state index in [9.17, 15) is 0 Å². The second kappa shape index (κ2) is 9.78. The Morgan fingerprint density at radius 2 is 1.67 bits per heavy atom. The number of hydrogen-bond acceptors (Lipinski definition) is 3. The summed E-state index contributed by atoms with van der Waals surface area (Å²) in [5.41, 5.74) is 1.13. The minimum atomic E-state index is 0.733. The Labute approximate surface area is 131 Å².